The van der Waals surface area contributed by atoms with E-state index in [2.05, 4.69) is 10.3 Å². The third-order valence-electron chi connectivity index (χ3n) is 4.45. The zero-order valence-electron chi connectivity index (χ0n) is 12.6. The maximum absolute atomic E-state index is 12.0. The summed E-state index contributed by atoms with van der Waals surface area (Å²) in [5.74, 6) is -3.62. The van der Waals surface area contributed by atoms with Crippen molar-refractivity contribution in [2.24, 2.45) is 0 Å². The van der Waals surface area contributed by atoms with Gasteiger partial charge in [-0.15, -0.1) is 0 Å². The number of carboxylic acids is 3. The highest BCUT2D eigenvalue weighted by atomic mass is 16.4. The van der Waals surface area contributed by atoms with Crippen LogP contribution >= 0.6 is 0 Å². The quantitative estimate of drug-likeness (QED) is 0.548. The first-order valence-electron chi connectivity index (χ1n) is 7.41. The molecule has 0 spiro atoms. The molecule has 3 rings (SSSR count). The highest BCUT2D eigenvalue weighted by molar-refractivity contribution is 5.92. The maximum Gasteiger partial charge on any atom is 0.330 e. The number of benzene rings is 1. The van der Waals surface area contributed by atoms with Crippen LogP contribution in [0, 0.1) is 0 Å². The lowest BCUT2D eigenvalue weighted by molar-refractivity contribution is -0.149. The van der Waals surface area contributed by atoms with Gasteiger partial charge in [0.2, 0.25) is 0 Å². The lowest BCUT2D eigenvalue weighted by atomic mass is 9.80. The lowest BCUT2D eigenvalue weighted by Crippen LogP contribution is -2.59. The average Bonchev–Trinajstić information content (AvgIpc) is 2.91. The molecule has 1 aromatic heterocycles. The van der Waals surface area contributed by atoms with Gasteiger partial charge < -0.3 is 20.3 Å². The summed E-state index contributed by atoms with van der Waals surface area (Å²) in [4.78, 5) is 37.5. The minimum absolute atomic E-state index is 0.122. The Labute approximate surface area is 136 Å². The Hall–Kier alpha value is -2.87. The van der Waals surface area contributed by atoms with Crippen LogP contribution in [0.5, 0.6) is 0 Å². The first kappa shape index (κ1) is 16.0. The Bertz CT molecular complexity index is 842. The maximum atomic E-state index is 12.0. The molecule has 0 bridgehead atoms. The van der Waals surface area contributed by atoms with E-state index in [0.29, 0.717) is 16.8 Å². The molecular weight excluding hydrogens is 316 g/mol. The van der Waals surface area contributed by atoms with Crippen LogP contribution in [-0.2, 0) is 26.3 Å². The van der Waals surface area contributed by atoms with E-state index in [1.807, 2.05) is 0 Å². The molecule has 8 heteroatoms. The van der Waals surface area contributed by atoms with Crippen LogP contribution in [0.2, 0.25) is 0 Å². The minimum Gasteiger partial charge on any atom is -0.481 e. The number of H-pyrrole nitrogens is 1. The number of hydrogen-bond acceptors (Lipinski definition) is 4. The second kappa shape index (κ2) is 5.64. The molecular formula is C16H16N2O6. The van der Waals surface area contributed by atoms with E-state index >= 15 is 0 Å². The van der Waals surface area contributed by atoms with Crippen LogP contribution in [0.4, 0.5) is 0 Å². The van der Waals surface area contributed by atoms with Crippen LogP contribution in [0.1, 0.15) is 24.1 Å². The number of nitrogens with one attached hydrogen (secondary N) is 2. The molecule has 24 heavy (non-hydrogen) atoms. The van der Waals surface area contributed by atoms with Crippen molar-refractivity contribution in [2.45, 2.75) is 30.8 Å². The second-order valence-corrected chi connectivity index (χ2v) is 5.87. The number of aromatic nitrogens is 1. The monoisotopic (exact) mass is 332 g/mol. The number of hydrogen-bond donors (Lipinski definition) is 5. The van der Waals surface area contributed by atoms with Gasteiger partial charge in [-0.05, 0) is 18.1 Å². The first-order valence-corrected chi connectivity index (χ1v) is 7.41. The fraction of sp³-hybridized carbons (Fsp3) is 0.312. The molecule has 5 N–H and O–H groups in total. The summed E-state index contributed by atoms with van der Waals surface area (Å²) in [7, 11) is 0. The van der Waals surface area contributed by atoms with Crippen molar-refractivity contribution in [2.75, 3.05) is 0 Å². The molecule has 0 saturated carbocycles. The third kappa shape index (κ3) is 2.41. The van der Waals surface area contributed by atoms with Crippen LogP contribution in [0.15, 0.2) is 24.3 Å². The fourth-order valence-corrected chi connectivity index (χ4v) is 3.32. The zero-order valence-corrected chi connectivity index (χ0v) is 12.6. The Morgan fingerprint density at radius 2 is 1.88 bits per heavy atom. The summed E-state index contributed by atoms with van der Waals surface area (Å²) in [5, 5.41) is 31.5. The molecule has 0 fully saturated rings. The summed E-state index contributed by atoms with van der Waals surface area (Å²) < 4.78 is 0. The minimum atomic E-state index is -1.78. The number of aliphatic carboxylic acids is 3. The van der Waals surface area contributed by atoms with E-state index in [4.69, 9.17) is 5.11 Å². The van der Waals surface area contributed by atoms with Crippen molar-refractivity contribution < 1.29 is 29.7 Å². The van der Waals surface area contributed by atoms with Crippen molar-refractivity contribution >= 4 is 28.8 Å². The highest BCUT2D eigenvalue weighted by Crippen LogP contribution is 2.38. The summed E-state index contributed by atoms with van der Waals surface area (Å²) in [5.41, 5.74) is -0.163. The molecule has 0 saturated heterocycles. The van der Waals surface area contributed by atoms with Gasteiger partial charge in [0, 0.05) is 23.7 Å². The number of para-hydroxylation sites is 1. The van der Waals surface area contributed by atoms with E-state index < -0.39 is 35.9 Å². The highest BCUT2D eigenvalue weighted by Gasteiger charge is 2.49. The third-order valence-corrected chi connectivity index (χ3v) is 4.45. The fourth-order valence-electron chi connectivity index (χ4n) is 3.32. The van der Waals surface area contributed by atoms with E-state index in [1.54, 1.807) is 24.3 Å². The molecule has 8 nitrogen and oxygen atoms in total. The number of aromatic amines is 1. The van der Waals surface area contributed by atoms with Gasteiger partial charge in [-0.2, -0.15) is 0 Å². The van der Waals surface area contributed by atoms with Crippen molar-refractivity contribution in [3.8, 4) is 0 Å². The molecule has 1 aliphatic rings. The van der Waals surface area contributed by atoms with Crippen molar-refractivity contribution in [3.63, 3.8) is 0 Å². The van der Waals surface area contributed by atoms with Gasteiger partial charge in [0.15, 0.2) is 5.54 Å². The van der Waals surface area contributed by atoms with E-state index in [9.17, 15) is 24.6 Å². The van der Waals surface area contributed by atoms with Crippen LogP contribution in [-0.4, -0.2) is 44.3 Å². The lowest BCUT2D eigenvalue weighted by Gasteiger charge is -2.37. The SMILES string of the molecule is O=C(O)CC[C@]1(C(=O)O)N[C@@H](C(=O)O)Cc2c1[nH]c1ccccc21. The van der Waals surface area contributed by atoms with Gasteiger partial charge in [-0.3, -0.25) is 14.9 Å². The predicted octanol–water partition coefficient (Wildman–Crippen LogP) is 0.912. The molecule has 0 unspecified atom stereocenters. The Morgan fingerprint density at radius 3 is 2.50 bits per heavy atom. The largest absolute Gasteiger partial charge is 0.481 e. The number of carboxylic acid groups (broad SMARTS) is 3. The molecule has 2 aromatic rings. The van der Waals surface area contributed by atoms with Gasteiger partial charge in [-0.1, -0.05) is 18.2 Å². The van der Waals surface area contributed by atoms with Crippen LogP contribution in [0.3, 0.4) is 0 Å². The molecule has 2 atom stereocenters. The summed E-state index contributed by atoms with van der Waals surface area (Å²) >= 11 is 0. The Morgan fingerprint density at radius 1 is 1.17 bits per heavy atom. The number of fused-ring (bicyclic) bond motifs is 3. The second-order valence-electron chi connectivity index (χ2n) is 5.87. The van der Waals surface area contributed by atoms with Gasteiger partial charge in [0.25, 0.3) is 0 Å². The standard InChI is InChI=1S/C16H16N2O6/c19-12(20)5-6-16(15(23)24)13-9(7-11(18-16)14(21)22)8-3-1-2-4-10(8)17-13/h1-4,11,17-18H,5-7H2,(H,19,20)(H,21,22)(H,23,24)/t11-,16+/m1/s1. The van der Waals surface area contributed by atoms with Gasteiger partial charge >= 0.3 is 17.9 Å². The topological polar surface area (TPSA) is 140 Å². The van der Waals surface area contributed by atoms with Gasteiger partial charge in [0.1, 0.15) is 6.04 Å². The zero-order chi connectivity index (χ0) is 17.5. The number of rotatable bonds is 5. The van der Waals surface area contributed by atoms with Crippen LogP contribution in [0.25, 0.3) is 10.9 Å². The Balaban J connectivity index is 2.22. The van der Waals surface area contributed by atoms with E-state index in [-0.39, 0.29) is 12.8 Å². The average molecular weight is 332 g/mol. The van der Waals surface area contributed by atoms with E-state index in [1.165, 1.54) is 0 Å². The molecule has 0 radical (unpaired) electrons. The summed E-state index contributed by atoms with van der Waals surface area (Å²) in [6, 6.07) is 6.02. The van der Waals surface area contributed by atoms with E-state index in [0.717, 1.165) is 5.39 Å². The van der Waals surface area contributed by atoms with Crippen molar-refractivity contribution in [1.29, 1.82) is 0 Å². The summed E-state index contributed by atoms with van der Waals surface area (Å²) in [6.45, 7) is 0. The van der Waals surface area contributed by atoms with Crippen molar-refractivity contribution in [1.82, 2.24) is 10.3 Å². The first-order chi connectivity index (χ1) is 11.3. The number of carbonyl (C=O) groups is 3. The molecule has 126 valence electrons. The summed E-state index contributed by atoms with van der Waals surface area (Å²) in [6.07, 6.45) is -0.543. The van der Waals surface area contributed by atoms with Gasteiger partial charge in [-0.25, -0.2) is 4.79 Å². The molecule has 0 amide bonds. The molecule has 2 heterocycles. The smallest absolute Gasteiger partial charge is 0.330 e. The Kier molecular flexibility index (Phi) is 3.76. The molecule has 1 aromatic carbocycles. The van der Waals surface area contributed by atoms with Gasteiger partial charge in [0.05, 0.1) is 5.69 Å². The molecule has 0 aliphatic carbocycles. The normalized spacial score (nSPS) is 22.9. The predicted molar refractivity (Wildman–Crippen MR) is 82.7 cm³/mol. The van der Waals surface area contributed by atoms with Crippen molar-refractivity contribution in [3.05, 3.63) is 35.5 Å². The molecule has 1 aliphatic heterocycles. The van der Waals surface area contributed by atoms with Crippen LogP contribution < -0.4 is 5.32 Å².